The summed E-state index contributed by atoms with van der Waals surface area (Å²) >= 11 is -0.644. The summed E-state index contributed by atoms with van der Waals surface area (Å²) in [6.45, 7) is 18.4. The molecule has 0 atom stereocenters. The molecule has 0 aromatic rings. The van der Waals surface area contributed by atoms with E-state index in [0.717, 1.165) is 0 Å². The molecule has 4 heteroatoms. The second kappa shape index (κ2) is 7.07. The second-order valence-corrected chi connectivity index (χ2v) is 9.81. The minimum Gasteiger partial charge on any atom is -1.00 e. The van der Waals surface area contributed by atoms with Crippen LogP contribution in [0, 0.1) is 0 Å². The Morgan fingerprint density at radius 2 is 1.22 bits per heavy atom. The summed E-state index contributed by atoms with van der Waals surface area (Å²) in [6, 6.07) is 0. The van der Waals surface area contributed by atoms with E-state index in [1.54, 1.807) is 11.1 Å². The van der Waals surface area contributed by atoms with E-state index in [1.807, 2.05) is 0 Å². The van der Waals surface area contributed by atoms with Crippen molar-refractivity contribution in [2.45, 2.75) is 64.1 Å². The number of allylic oxidation sites excluding steroid dienone is 4. The molecule has 0 unspecified atom stereocenters. The molecule has 0 fully saturated rings. The number of halogens is 2. The zero-order chi connectivity index (χ0) is 12.7. The molecule has 0 spiro atoms. The summed E-state index contributed by atoms with van der Waals surface area (Å²) in [5, 5.41) is 0. The second-order valence-electron chi connectivity index (χ2n) is 6.12. The molecule has 0 aliphatic heterocycles. The van der Waals surface area contributed by atoms with Crippen LogP contribution >= 0.6 is 0 Å². The van der Waals surface area contributed by atoms with Gasteiger partial charge < -0.3 is 24.8 Å². The third kappa shape index (κ3) is 4.20. The summed E-state index contributed by atoms with van der Waals surface area (Å²) in [5.74, 6) is 0. The van der Waals surface area contributed by atoms with Crippen LogP contribution in [0.25, 0.3) is 0 Å². The number of hydrogen-bond donors (Lipinski definition) is 1. The molecule has 0 amide bonds. The summed E-state index contributed by atoms with van der Waals surface area (Å²) in [7, 11) is 0. The summed E-state index contributed by atoms with van der Waals surface area (Å²) in [4.78, 5) is 0. The van der Waals surface area contributed by atoms with Crippen molar-refractivity contribution in [3.8, 4) is 0 Å². The van der Waals surface area contributed by atoms with Crippen LogP contribution in [-0.2, 0) is 23.5 Å². The molecule has 104 valence electrons. The Balaban J connectivity index is 0. The fourth-order valence-corrected chi connectivity index (χ4v) is 5.47. The Labute approximate surface area is 137 Å². The predicted molar refractivity (Wildman–Crippen MR) is 68.0 cm³/mol. The van der Waals surface area contributed by atoms with Gasteiger partial charge >= 0.3 is 113 Å². The van der Waals surface area contributed by atoms with Gasteiger partial charge in [0.2, 0.25) is 0 Å². The molecular formula is C14H25Cl2NZr. The van der Waals surface area contributed by atoms with Crippen LogP contribution in [-0.4, -0.2) is 5.54 Å². The van der Waals surface area contributed by atoms with E-state index in [0.29, 0.717) is 3.12 Å². The van der Waals surface area contributed by atoms with E-state index in [2.05, 4.69) is 58.7 Å². The molecule has 1 nitrogen and oxygen atoms in total. The smallest absolute Gasteiger partial charge is 1.00 e. The van der Waals surface area contributed by atoms with E-state index in [9.17, 15) is 0 Å². The summed E-state index contributed by atoms with van der Waals surface area (Å²) < 4.78 is 4.19. The zero-order valence-electron chi connectivity index (χ0n) is 12.8. The average Bonchev–Trinajstić information content (AvgIpc) is 2.31. The van der Waals surface area contributed by atoms with Gasteiger partial charge in [-0.3, -0.25) is 0 Å². The van der Waals surface area contributed by atoms with E-state index >= 15 is 0 Å². The number of hydrogen-bond acceptors (Lipinski definition) is 1. The average molecular weight is 369 g/mol. The molecule has 0 aromatic carbocycles. The van der Waals surface area contributed by atoms with E-state index in [1.165, 1.54) is 11.1 Å². The maximum atomic E-state index is 3.81. The molecule has 0 aromatic heterocycles. The number of rotatable bonds is 2. The molecule has 1 N–H and O–H groups in total. The first-order valence-electron chi connectivity index (χ1n) is 6.00. The molecule has 0 saturated heterocycles. The van der Waals surface area contributed by atoms with Gasteiger partial charge in [0, 0.05) is 0 Å². The SMILES string of the molecule is CC1=C(C)[C](C)([Zr+2][NH]C(C)(C)C)C(C)=C1C.[Cl-].[Cl-]. The standard InChI is InChI=1S/C10H15.C4H10N.2ClH.Zr/c1-6-7(2)9(4)10(5)8(6)3;1-4(2,3)5;;;/h1-5H3;5H,1-3H3;2*1H;/q;-1;;;+3/p-2. The topological polar surface area (TPSA) is 12.0 Å². The minimum absolute atomic E-state index is 0. The van der Waals surface area contributed by atoms with Crippen LogP contribution in [0.4, 0.5) is 0 Å². The van der Waals surface area contributed by atoms with Crippen LogP contribution in [0.1, 0.15) is 55.4 Å². The van der Waals surface area contributed by atoms with Crippen molar-refractivity contribution in [2.75, 3.05) is 0 Å². The third-order valence-electron chi connectivity index (χ3n) is 3.88. The van der Waals surface area contributed by atoms with Crippen molar-refractivity contribution >= 4 is 0 Å². The van der Waals surface area contributed by atoms with Crippen molar-refractivity contribution in [1.29, 1.82) is 0 Å². The van der Waals surface area contributed by atoms with E-state index in [4.69, 9.17) is 0 Å². The Bertz CT molecular complexity index is 340. The molecule has 0 bridgehead atoms. The van der Waals surface area contributed by atoms with Crippen LogP contribution in [0.2, 0.25) is 3.12 Å². The van der Waals surface area contributed by atoms with Gasteiger partial charge in [0.15, 0.2) is 0 Å². The monoisotopic (exact) mass is 367 g/mol. The van der Waals surface area contributed by atoms with Gasteiger partial charge in [-0.15, -0.1) is 0 Å². The quantitative estimate of drug-likeness (QED) is 0.609. The van der Waals surface area contributed by atoms with Gasteiger partial charge in [-0.05, 0) is 0 Å². The Morgan fingerprint density at radius 3 is 1.50 bits per heavy atom. The Hall–Kier alpha value is 0.903. The van der Waals surface area contributed by atoms with Gasteiger partial charge in [-0.2, -0.15) is 0 Å². The Morgan fingerprint density at radius 1 is 0.889 bits per heavy atom. The molecule has 0 saturated carbocycles. The van der Waals surface area contributed by atoms with Crippen LogP contribution in [0.3, 0.4) is 0 Å². The van der Waals surface area contributed by atoms with Gasteiger partial charge in [-0.1, -0.05) is 0 Å². The first-order valence-corrected chi connectivity index (χ1v) is 8.46. The third-order valence-corrected chi connectivity index (χ3v) is 9.10. The van der Waals surface area contributed by atoms with Gasteiger partial charge in [0.05, 0.1) is 0 Å². The normalized spacial score (nSPS) is 18.2. The van der Waals surface area contributed by atoms with Crippen molar-refractivity contribution in [1.82, 2.24) is 3.26 Å². The molecular weight excluding hydrogens is 344 g/mol. The van der Waals surface area contributed by atoms with Gasteiger partial charge in [0.25, 0.3) is 0 Å². The van der Waals surface area contributed by atoms with Crippen molar-refractivity contribution in [3.05, 3.63) is 22.3 Å². The first kappa shape index (κ1) is 21.2. The van der Waals surface area contributed by atoms with Gasteiger partial charge in [0.1, 0.15) is 0 Å². The fraction of sp³-hybridized carbons (Fsp3) is 0.714. The van der Waals surface area contributed by atoms with E-state index in [-0.39, 0.29) is 30.4 Å². The number of nitrogens with one attached hydrogen (secondary N) is 1. The largest absolute Gasteiger partial charge is 1.00 e. The maximum Gasteiger partial charge on any atom is -1.00 e. The molecule has 0 radical (unpaired) electrons. The van der Waals surface area contributed by atoms with Crippen LogP contribution < -0.4 is 28.1 Å². The van der Waals surface area contributed by atoms with Crippen molar-refractivity contribution < 1.29 is 48.3 Å². The van der Waals surface area contributed by atoms with Gasteiger partial charge in [-0.25, -0.2) is 0 Å². The maximum absolute atomic E-state index is 3.81. The minimum atomic E-state index is -0.644. The summed E-state index contributed by atoms with van der Waals surface area (Å²) in [5.41, 5.74) is 6.52. The first-order chi connectivity index (χ1) is 7.09. The van der Waals surface area contributed by atoms with Crippen LogP contribution in [0.15, 0.2) is 22.3 Å². The zero-order valence-corrected chi connectivity index (χ0v) is 16.7. The van der Waals surface area contributed by atoms with Crippen molar-refractivity contribution in [3.63, 3.8) is 0 Å². The fourth-order valence-electron chi connectivity index (χ4n) is 2.09. The molecule has 1 aliphatic carbocycles. The summed E-state index contributed by atoms with van der Waals surface area (Å²) in [6.07, 6.45) is 0. The Kier molecular flexibility index (Phi) is 8.33. The van der Waals surface area contributed by atoms with Crippen LogP contribution in [0.5, 0.6) is 0 Å². The molecule has 18 heavy (non-hydrogen) atoms. The van der Waals surface area contributed by atoms with Crippen molar-refractivity contribution in [2.24, 2.45) is 0 Å². The molecule has 1 rings (SSSR count). The predicted octanol–water partition coefficient (Wildman–Crippen LogP) is -1.75. The molecule has 0 heterocycles. The van der Waals surface area contributed by atoms with E-state index < -0.39 is 23.5 Å². The molecule has 1 aliphatic rings.